The van der Waals surface area contributed by atoms with Crippen LogP contribution in [0, 0.1) is 6.92 Å². The Labute approximate surface area is 119 Å². The van der Waals surface area contributed by atoms with Crippen LogP contribution in [0.3, 0.4) is 0 Å². The van der Waals surface area contributed by atoms with Gasteiger partial charge in [0.15, 0.2) is 0 Å². The van der Waals surface area contributed by atoms with Gasteiger partial charge in [-0.05, 0) is 42.3 Å². The molecule has 0 saturated carbocycles. The second-order valence-electron chi connectivity index (χ2n) is 4.75. The molecule has 3 heteroatoms. The van der Waals surface area contributed by atoms with E-state index >= 15 is 0 Å². The van der Waals surface area contributed by atoms with Crippen LogP contribution < -0.4 is 9.47 Å². The quantitative estimate of drug-likeness (QED) is 0.874. The fourth-order valence-electron chi connectivity index (χ4n) is 2.01. The SMILES string of the molecule is COc1cccc(C(O)CCOc2cccc(C)c2)c1. The Balaban J connectivity index is 1.87. The molecule has 2 rings (SSSR count). The zero-order chi connectivity index (χ0) is 14.4. The first kappa shape index (κ1) is 14.4. The van der Waals surface area contributed by atoms with Gasteiger partial charge in [-0.3, -0.25) is 0 Å². The molecule has 3 nitrogen and oxygen atoms in total. The standard InChI is InChI=1S/C17H20O3/c1-13-5-3-8-16(11-13)20-10-9-17(18)14-6-4-7-15(12-14)19-2/h3-8,11-12,17-18H,9-10H2,1-2H3. The van der Waals surface area contributed by atoms with Crippen LogP contribution in [0.2, 0.25) is 0 Å². The summed E-state index contributed by atoms with van der Waals surface area (Å²) in [4.78, 5) is 0. The van der Waals surface area contributed by atoms with E-state index in [9.17, 15) is 5.11 Å². The van der Waals surface area contributed by atoms with E-state index in [1.165, 1.54) is 0 Å². The van der Waals surface area contributed by atoms with E-state index in [1.54, 1.807) is 7.11 Å². The summed E-state index contributed by atoms with van der Waals surface area (Å²) in [5, 5.41) is 10.1. The van der Waals surface area contributed by atoms with Gasteiger partial charge in [0.05, 0.1) is 19.8 Å². The van der Waals surface area contributed by atoms with Gasteiger partial charge in [-0.2, -0.15) is 0 Å². The highest BCUT2D eigenvalue weighted by molar-refractivity contribution is 5.30. The second kappa shape index (κ2) is 6.96. The van der Waals surface area contributed by atoms with Crippen molar-refractivity contribution in [2.45, 2.75) is 19.4 Å². The molecule has 0 aromatic heterocycles. The van der Waals surface area contributed by atoms with Crippen molar-refractivity contribution in [3.8, 4) is 11.5 Å². The van der Waals surface area contributed by atoms with Crippen LogP contribution in [-0.4, -0.2) is 18.8 Å². The summed E-state index contributed by atoms with van der Waals surface area (Å²) in [6.07, 6.45) is -0.00361. The van der Waals surface area contributed by atoms with E-state index in [2.05, 4.69) is 0 Å². The predicted octanol–water partition coefficient (Wildman–Crippen LogP) is 3.51. The maximum Gasteiger partial charge on any atom is 0.119 e. The number of aliphatic hydroxyl groups is 1. The third kappa shape index (κ3) is 4.00. The van der Waals surface area contributed by atoms with Crippen LogP contribution in [0.15, 0.2) is 48.5 Å². The molecule has 0 aliphatic heterocycles. The topological polar surface area (TPSA) is 38.7 Å². The van der Waals surface area contributed by atoms with Gasteiger partial charge in [0.2, 0.25) is 0 Å². The lowest BCUT2D eigenvalue weighted by atomic mass is 10.1. The summed E-state index contributed by atoms with van der Waals surface area (Å²) < 4.78 is 10.8. The van der Waals surface area contributed by atoms with Crippen LogP contribution in [-0.2, 0) is 0 Å². The number of aliphatic hydroxyl groups excluding tert-OH is 1. The number of methoxy groups -OCH3 is 1. The lowest BCUT2D eigenvalue weighted by Crippen LogP contribution is -2.05. The minimum Gasteiger partial charge on any atom is -0.497 e. The Morgan fingerprint density at radius 3 is 2.55 bits per heavy atom. The highest BCUT2D eigenvalue weighted by Gasteiger charge is 2.08. The molecule has 2 aromatic carbocycles. The van der Waals surface area contributed by atoms with Crippen molar-refractivity contribution in [2.75, 3.05) is 13.7 Å². The molecule has 20 heavy (non-hydrogen) atoms. The number of hydrogen-bond acceptors (Lipinski definition) is 3. The van der Waals surface area contributed by atoms with Gasteiger partial charge < -0.3 is 14.6 Å². The van der Waals surface area contributed by atoms with Crippen molar-refractivity contribution in [1.82, 2.24) is 0 Å². The lowest BCUT2D eigenvalue weighted by molar-refractivity contribution is 0.140. The van der Waals surface area contributed by atoms with Crippen molar-refractivity contribution >= 4 is 0 Å². The molecular weight excluding hydrogens is 252 g/mol. The summed E-state index contributed by atoms with van der Waals surface area (Å²) in [5.74, 6) is 1.59. The van der Waals surface area contributed by atoms with Gasteiger partial charge >= 0.3 is 0 Å². The first-order valence-electron chi connectivity index (χ1n) is 6.70. The van der Waals surface area contributed by atoms with Gasteiger partial charge in [-0.15, -0.1) is 0 Å². The average Bonchev–Trinajstić information content (AvgIpc) is 2.47. The molecule has 1 N–H and O–H groups in total. The smallest absolute Gasteiger partial charge is 0.119 e. The fraction of sp³-hybridized carbons (Fsp3) is 0.294. The predicted molar refractivity (Wildman–Crippen MR) is 79.2 cm³/mol. The van der Waals surface area contributed by atoms with Crippen LogP contribution >= 0.6 is 0 Å². The molecule has 1 atom stereocenters. The van der Waals surface area contributed by atoms with E-state index in [4.69, 9.17) is 9.47 Å². The molecule has 0 spiro atoms. The van der Waals surface area contributed by atoms with Gasteiger partial charge in [0, 0.05) is 6.42 Å². The molecule has 0 aliphatic rings. The summed E-state index contributed by atoms with van der Waals surface area (Å²) >= 11 is 0. The molecule has 0 amide bonds. The first-order valence-corrected chi connectivity index (χ1v) is 6.70. The first-order chi connectivity index (χ1) is 9.69. The summed E-state index contributed by atoms with van der Waals surface area (Å²) in [6, 6.07) is 15.4. The van der Waals surface area contributed by atoms with Gasteiger partial charge in [0.1, 0.15) is 11.5 Å². The van der Waals surface area contributed by atoms with Gasteiger partial charge in [0.25, 0.3) is 0 Å². The molecule has 1 unspecified atom stereocenters. The monoisotopic (exact) mass is 272 g/mol. The minimum atomic E-state index is -0.546. The van der Waals surface area contributed by atoms with Crippen molar-refractivity contribution in [2.24, 2.45) is 0 Å². The highest BCUT2D eigenvalue weighted by atomic mass is 16.5. The maximum absolute atomic E-state index is 10.1. The summed E-state index contributed by atoms with van der Waals surface area (Å²) in [6.45, 7) is 2.50. The molecule has 0 saturated heterocycles. The Kier molecular flexibility index (Phi) is 5.02. The van der Waals surface area contributed by atoms with Crippen molar-refractivity contribution in [3.63, 3.8) is 0 Å². The number of benzene rings is 2. The highest BCUT2D eigenvalue weighted by Crippen LogP contribution is 2.22. The molecule has 0 bridgehead atoms. The lowest BCUT2D eigenvalue weighted by Gasteiger charge is -2.13. The van der Waals surface area contributed by atoms with Crippen molar-refractivity contribution in [3.05, 3.63) is 59.7 Å². The second-order valence-corrected chi connectivity index (χ2v) is 4.75. The van der Waals surface area contributed by atoms with E-state index in [0.717, 1.165) is 22.6 Å². The number of hydrogen-bond donors (Lipinski definition) is 1. The third-order valence-corrected chi connectivity index (χ3v) is 3.13. The molecule has 0 aliphatic carbocycles. The zero-order valence-electron chi connectivity index (χ0n) is 11.9. The van der Waals surface area contributed by atoms with Gasteiger partial charge in [-0.25, -0.2) is 0 Å². The largest absolute Gasteiger partial charge is 0.497 e. The molecule has 2 aromatic rings. The average molecular weight is 272 g/mol. The van der Waals surface area contributed by atoms with Crippen LogP contribution in [0.4, 0.5) is 0 Å². The fourth-order valence-corrected chi connectivity index (χ4v) is 2.01. The Morgan fingerprint density at radius 2 is 1.80 bits per heavy atom. The van der Waals surface area contributed by atoms with E-state index in [1.807, 2.05) is 55.5 Å². The zero-order valence-corrected chi connectivity index (χ0v) is 11.9. The summed E-state index contributed by atoms with van der Waals surface area (Å²) in [7, 11) is 1.62. The molecule has 0 heterocycles. The van der Waals surface area contributed by atoms with Crippen molar-refractivity contribution in [1.29, 1.82) is 0 Å². The van der Waals surface area contributed by atoms with Crippen LogP contribution in [0.5, 0.6) is 11.5 Å². The van der Waals surface area contributed by atoms with E-state index < -0.39 is 6.10 Å². The van der Waals surface area contributed by atoms with Crippen LogP contribution in [0.25, 0.3) is 0 Å². The van der Waals surface area contributed by atoms with Gasteiger partial charge in [-0.1, -0.05) is 24.3 Å². The number of rotatable bonds is 6. The molecule has 106 valence electrons. The Hall–Kier alpha value is -2.00. The number of aryl methyl sites for hydroxylation is 1. The van der Waals surface area contributed by atoms with E-state index in [-0.39, 0.29) is 0 Å². The molecular formula is C17H20O3. The van der Waals surface area contributed by atoms with E-state index in [0.29, 0.717) is 13.0 Å². The third-order valence-electron chi connectivity index (χ3n) is 3.13. The normalized spacial score (nSPS) is 11.9. The number of ether oxygens (including phenoxy) is 2. The maximum atomic E-state index is 10.1. The molecule has 0 radical (unpaired) electrons. The molecule has 0 fully saturated rings. The van der Waals surface area contributed by atoms with Crippen molar-refractivity contribution < 1.29 is 14.6 Å². The van der Waals surface area contributed by atoms with Crippen LogP contribution in [0.1, 0.15) is 23.7 Å². The summed E-state index contributed by atoms with van der Waals surface area (Å²) in [5.41, 5.74) is 2.01. The Bertz CT molecular complexity index is 551. The Morgan fingerprint density at radius 1 is 1.05 bits per heavy atom. The minimum absolute atomic E-state index is 0.474.